The van der Waals surface area contributed by atoms with Crippen LogP contribution in [0, 0.1) is 0 Å². The van der Waals surface area contributed by atoms with Crippen molar-refractivity contribution in [1.29, 1.82) is 0 Å². The molecule has 1 aliphatic heterocycles. The van der Waals surface area contributed by atoms with Gasteiger partial charge in [-0.2, -0.15) is 0 Å². The molecule has 0 radical (unpaired) electrons. The average molecular weight is 200 g/mol. The first-order valence-corrected chi connectivity index (χ1v) is 5.20. The number of carbonyl (C=O) groups excluding carboxylic acids is 1. The third-order valence-corrected chi connectivity index (χ3v) is 2.68. The fourth-order valence-corrected chi connectivity index (χ4v) is 1.62. The maximum Gasteiger partial charge on any atom is 0.305 e. The van der Waals surface area contributed by atoms with Crippen LogP contribution in [-0.4, -0.2) is 62.7 Å². The first-order valence-electron chi connectivity index (χ1n) is 5.20. The third kappa shape index (κ3) is 4.07. The summed E-state index contributed by atoms with van der Waals surface area (Å²) in [5.41, 5.74) is 0. The van der Waals surface area contributed by atoms with Crippen LogP contribution < -0.4 is 0 Å². The summed E-state index contributed by atoms with van der Waals surface area (Å²) in [5.74, 6) is -0.0980. The summed E-state index contributed by atoms with van der Waals surface area (Å²) >= 11 is 0. The van der Waals surface area contributed by atoms with Crippen molar-refractivity contribution in [2.24, 2.45) is 0 Å². The maximum atomic E-state index is 10.9. The summed E-state index contributed by atoms with van der Waals surface area (Å²) < 4.78 is 4.59. The van der Waals surface area contributed by atoms with E-state index < -0.39 is 0 Å². The van der Waals surface area contributed by atoms with Crippen LogP contribution >= 0.6 is 0 Å². The van der Waals surface area contributed by atoms with Crippen LogP contribution in [0.1, 0.15) is 12.8 Å². The lowest BCUT2D eigenvalue weighted by Crippen LogP contribution is -2.44. The number of carbonyl (C=O) groups is 1. The lowest BCUT2D eigenvalue weighted by Gasteiger charge is -2.32. The molecule has 14 heavy (non-hydrogen) atoms. The Morgan fingerprint density at radius 3 is 2.50 bits per heavy atom. The van der Waals surface area contributed by atoms with Crippen molar-refractivity contribution in [1.82, 2.24) is 9.80 Å². The van der Waals surface area contributed by atoms with E-state index in [0.29, 0.717) is 6.42 Å². The van der Waals surface area contributed by atoms with Gasteiger partial charge >= 0.3 is 5.97 Å². The van der Waals surface area contributed by atoms with E-state index in [9.17, 15) is 4.79 Å². The summed E-state index contributed by atoms with van der Waals surface area (Å²) in [5, 5.41) is 0. The number of nitrogens with zero attached hydrogens (tertiary/aromatic N) is 2. The Balaban J connectivity index is 2.04. The zero-order valence-corrected chi connectivity index (χ0v) is 9.16. The van der Waals surface area contributed by atoms with Gasteiger partial charge in [0.2, 0.25) is 0 Å². The van der Waals surface area contributed by atoms with Gasteiger partial charge in [0.15, 0.2) is 0 Å². The molecule has 0 aliphatic carbocycles. The van der Waals surface area contributed by atoms with Gasteiger partial charge in [-0.3, -0.25) is 4.79 Å². The molecule has 1 aliphatic rings. The summed E-state index contributed by atoms with van der Waals surface area (Å²) in [6.07, 6.45) is 1.46. The van der Waals surface area contributed by atoms with Crippen LogP contribution in [0.5, 0.6) is 0 Å². The third-order valence-electron chi connectivity index (χ3n) is 2.68. The standard InChI is InChI=1S/C10H20N2O2/c1-11-6-8-12(9-7-11)5-3-4-10(13)14-2/h3-9H2,1-2H3. The molecule has 0 unspecified atom stereocenters. The Hall–Kier alpha value is -0.610. The predicted octanol–water partition coefficient (Wildman–Crippen LogP) is 0.187. The number of ether oxygens (including phenoxy) is 1. The van der Waals surface area contributed by atoms with Crippen molar-refractivity contribution < 1.29 is 9.53 Å². The zero-order valence-electron chi connectivity index (χ0n) is 9.16. The molecule has 0 spiro atoms. The molecule has 0 bridgehead atoms. The lowest BCUT2D eigenvalue weighted by molar-refractivity contribution is -0.140. The Labute approximate surface area is 85.8 Å². The van der Waals surface area contributed by atoms with Gasteiger partial charge in [0, 0.05) is 32.6 Å². The number of esters is 1. The molecule has 0 amide bonds. The summed E-state index contributed by atoms with van der Waals surface area (Å²) in [7, 11) is 3.59. The maximum absolute atomic E-state index is 10.9. The van der Waals surface area contributed by atoms with E-state index in [1.807, 2.05) is 0 Å². The van der Waals surface area contributed by atoms with Crippen LogP contribution in [0.4, 0.5) is 0 Å². The van der Waals surface area contributed by atoms with Crippen LogP contribution in [-0.2, 0) is 9.53 Å². The highest BCUT2D eigenvalue weighted by molar-refractivity contribution is 5.69. The molecule has 1 heterocycles. The van der Waals surface area contributed by atoms with E-state index in [2.05, 4.69) is 21.6 Å². The second-order valence-corrected chi connectivity index (χ2v) is 3.82. The van der Waals surface area contributed by atoms with E-state index in [4.69, 9.17) is 0 Å². The predicted molar refractivity (Wildman–Crippen MR) is 55.2 cm³/mol. The highest BCUT2D eigenvalue weighted by Crippen LogP contribution is 2.01. The van der Waals surface area contributed by atoms with Crippen molar-refractivity contribution in [3.63, 3.8) is 0 Å². The monoisotopic (exact) mass is 200 g/mol. The van der Waals surface area contributed by atoms with E-state index in [1.54, 1.807) is 0 Å². The minimum absolute atomic E-state index is 0.0980. The van der Waals surface area contributed by atoms with Crippen molar-refractivity contribution in [2.45, 2.75) is 12.8 Å². The van der Waals surface area contributed by atoms with Gasteiger partial charge in [-0.25, -0.2) is 0 Å². The van der Waals surface area contributed by atoms with Gasteiger partial charge in [-0.05, 0) is 20.0 Å². The molecule has 0 atom stereocenters. The van der Waals surface area contributed by atoms with E-state index in [0.717, 1.165) is 39.1 Å². The second kappa shape index (κ2) is 5.98. The molecule has 1 rings (SSSR count). The minimum atomic E-state index is -0.0980. The Bertz CT molecular complexity index is 177. The van der Waals surface area contributed by atoms with Crippen molar-refractivity contribution in [2.75, 3.05) is 46.9 Å². The quantitative estimate of drug-likeness (QED) is 0.606. The van der Waals surface area contributed by atoms with Crippen LogP contribution in [0.2, 0.25) is 0 Å². The fraction of sp³-hybridized carbons (Fsp3) is 0.900. The summed E-state index contributed by atoms with van der Waals surface area (Å²) in [6, 6.07) is 0. The molecule has 0 aromatic carbocycles. The molecule has 4 heteroatoms. The molecule has 0 N–H and O–H groups in total. The SMILES string of the molecule is COC(=O)CCCN1CCN(C)CC1. The van der Waals surface area contributed by atoms with Crippen LogP contribution in [0.15, 0.2) is 0 Å². The van der Waals surface area contributed by atoms with Crippen molar-refractivity contribution in [3.8, 4) is 0 Å². The average Bonchev–Trinajstić information content (AvgIpc) is 2.21. The number of hydrogen-bond acceptors (Lipinski definition) is 4. The topological polar surface area (TPSA) is 32.8 Å². The van der Waals surface area contributed by atoms with Crippen LogP contribution in [0.3, 0.4) is 0 Å². The van der Waals surface area contributed by atoms with E-state index in [1.165, 1.54) is 7.11 Å². The molecule has 0 aromatic rings. The molecule has 1 saturated heterocycles. The van der Waals surface area contributed by atoms with Gasteiger partial charge < -0.3 is 14.5 Å². The lowest BCUT2D eigenvalue weighted by atomic mass is 10.2. The molecular weight excluding hydrogens is 180 g/mol. The second-order valence-electron chi connectivity index (χ2n) is 3.82. The summed E-state index contributed by atoms with van der Waals surface area (Å²) in [4.78, 5) is 15.6. The highest BCUT2D eigenvalue weighted by atomic mass is 16.5. The molecule has 0 saturated carbocycles. The number of methoxy groups -OCH3 is 1. The Morgan fingerprint density at radius 2 is 1.93 bits per heavy atom. The normalized spacial score (nSPS) is 19.6. The Kier molecular flexibility index (Phi) is 4.90. The van der Waals surface area contributed by atoms with Gasteiger partial charge in [0.1, 0.15) is 0 Å². The zero-order chi connectivity index (χ0) is 10.4. The molecular formula is C10H20N2O2. The van der Waals surface area contributed by atoms with Crippen LogP contribution in [0.25, 0.3) is 0 Å². The first-order chi connectivity index (χ1) is 6.72. The van der Waals surface area contributed by atoms with Gasteiger partial charge in [0.25, 0.3) is 0 Å². The van der Waals surface area contributed by atoms with Crippen molar-refractivity contribution in [3.05, 3.63) is 0 Å². The number of likely N-dealkylation sites (N-methyl/N-ethyl adjacent to an activating group) is 1. The number of rotatable bonds is 4. The summed E-state index contributed by atoms with van der Waals surface area (Å²) in [6.45, 7) is 5.54. The highest BCUT2D eigenvalue weighted by Gasteiger charge is 2.13. The number of piperazine rings is 1. The minimum Gasteiger partial charge on any atom is -0.469 e. The van der Waals surface area contributed by atoms with E-state index in [-0.39, 0.29) is 5.97 Å². The molecule has 0 aromatic heterocycles. The van der Waals surface area contributed by atoms with Gasteiger partial charge in [-0.1, -0.05) is 0 Å². The van der Waals surface area contributed by atoms with Crippen molar-refractivity contribution >= 4 is 5.97 Å². The first kappa shape index (κ1) is 11.5. The fourth-order valence-electron chi connectivity index (χ4n) is 1.62. The number of hydrogen-bond donors (Lipinski definition) is 0. The van der Waals surface area contributed by atoms with Gasteiger partial charge in [-0.15, -0.1) is 0 Å². The van der Waals surface area contributed by atoms with E-state index >= 15 is 0 Å². The smallest absolute Gasteiger partial charge is 0.305 e. The van der Waals surface area contributed by atoms with Gasteiger partial charge in [0.05, 0.1) is 7.11 Å². The Morgan fingerprint density at radius 1 is 1.29 bits per heavy atom. The molecule has 4 nitrogen and oxygen atoms in total. The molecule has 1 fully saturated rings. The largest absolute Gasteiger partial charge is 0.469 e. The molecule has 82 valence electrons.